The van der Waals surface area contributed by atoms with Gasteiger partial charge in [0.1, 0.15) is 11.8 Å². The van der Waals surface area contributed by atoms with Crippen molar-refractivity contribution in [2.45, 2.75) is 19.9 Å². The molecule has 0 spiro atoms. The van der Waals surface area contributed by atoms with Crippen LogP contribution < -0.4 is 5.32 Å². The van der Waals surface area contributed by atoms with E-state index in [1.807, 2.05) is 13.1 Å². The number of hydrogen-bond donors (Lipinski definition) is 1. The fraction of sp³-hybridized carbons (Fsp3) is 0.333. The molecule has 0 aliphatic rings. The number of hydrogen-bond acceptors (Lipinski definition) is 3. The molecule has 2 rings (SSSR count). The molecular weight excluding hydrogens is 206 g/mol. The van der Waals surface area contributed by atoms with Gasteiger partial charge in [-0.05, 0) is 49.5 Å². The summed E-state index contributed by atoms with van der Waals surface area (Å²) in [6.07, 6.45) is 1.75. The largest absolute Gasteiger partial charge is 0.467 e. The standard InChI is InChI=1S/C12H15NOS/c1-8-4-6-14-11(8)10(13-3)12-9(2)5-7-15-12/h4-7,10,13H,1-3H3. The minimum atomic E-state index is 0.181. The smallest absolute Gasteiger partial charge is 0.128 e. The summed E-state index contributed by atoms with van der Waals surface area (Å²) in [5, 5.41) is 5.42. The molecule has 0 bridgehead atoms. The fourth-order valence-corrected chi connectivity index (χ4v) is 2.78. The molecule has 1 atom stereocenters. The molecule has 0 aliphatic heterocycles. The summed E-state index contributed by atoms with van der Waals surface area (Å²) in [6, 6.07) is 4.32. The third-order valence-electron chi connectivity index (χ3n) is 2.62. The van der Waals surface area contributed by atoms with E-state index in [-0.39, 0.29) is 6.04 Å². The Labute approximate surface area is 93.9 Å². The highest BCUT2D eigenvalue weighted by Crippen LogP contribution is 2.31. The number of nitrogens with one attached hydrogen (secondary N) is 1. The van der Waals surface area contributed by atoms with Crippen LogP contribution in [0.4, 0.5) is 0 Å². The topological polar surface area (TPSA) is 25.2 Å². The molecule has 0 aliphatic carbocycles. The van der Waals surface area contributed by atoms with E-state index in [1.54, 1.807) is 17.6 Å². The van der Waals surface area contributed by atoms with Gasteiger partial charge in [0.25, 0.3) is 0 Å². The minimum absolute atomic E-state index is 0.181. The lowest BCUT2D eigenvalue weighted by Gasteiger charge is -2.14. The molecule has 15 heavy (non-hydrogen) atoms. The predicted molar refractivity (Wildman–Crippen MR) is 63.4 cm³/mol. The van der Waals surface area contributed by atoms with Crippen LogP contribution in [-0.4, -0.2) is 7.05 Å². The second kappa shape index (κ2) is 4.21. The Morgan fingerprint density at radius 1 is 1.27 bits per heavy atom. The van der Waals surface area contributed by atoms with Gasteiger partial charge < -0.3 is 9.73 Å². The predicted octanol–water partition coefficient (Wildman–Crippen LogP) is 3.27. The van der Waals surface area contributed by atoms with Crippen LogP contribution in [0.5, 0.6) is 0 Å². The molecule has 1 unspecified atom stereocenters. The molecule has 0 saturated carbocycles. The Hall–Kier alpha value is -1.06. The van der Waals surface area contributed by atoms with E-state index >= 15 is 0 Å². The molecular formula is C12H15NOS. The normalized spacial score (nSPS) is 13.0. The SMILES string of the molecule is CNC(c1occc1C)c1sccc1C. The van der Waals surface area contributed by atoms with Crippen molar-refractivity contribution in [3.05, 3.63) is 45.5 Å². The first-order valence-electron chi connectivity index (χ1n) is 4.99. The van der Waals surface area contributed by atoms with Crippen molar-refractivity contribution in [3.63, 3.8) is 0 Å². The van der Waals surface area contributed by atoms with Crippen LogP contribution in [0.25, 0.3) is 0 Å². The van der Waals surface area contributed by atoms with Gasteiger partial charge in [0.2, 0.25) is 0 Å². The van der Waals surface area contributed by atoms with E-state index in [2.05, 4.69) is 30.6 Å². The maximum Gasteiger partial charge on any atom is 0.128 e. The number of thiophene rings is 1. The van der Waals surface area contributed by atoms with Crippen LogP contribution >= 0.6 is 11.3 Å². The quantitative estimate of drug-likeness (QED) is 0.860. The summed E-state index contributed by atoms with van der Waals surface area (Å²) in [5.41, 5.74) is 2.51. The van der Waals surface area contributed by atoms with Gasteiger partial charge >= 0.3 is 0 Å². The third-order valence-corrected chi connectivity index (χ3v) is 3.70. The summed E-state index contributed by atoms with van der Waals surface area (Å²) in [5.74, 6) is 1.02. The fourth-order valence-electron chi connectivity index (χ4n) is 1.74. The average molecular weight is 221 g/mol. The molecule has 3 heteroatoms. The highest BCUT2D eigenvalue weighted by atomic mass is 32.1. The Kier molecular flexibility index (Phi) is 2.93. The van der Waals surface area contributed by atoms with Crippen LogP contribution in [0, 0.1) is 13.8 Å². The molecule has 0 saturated heterocycles. The monoisotopic (exact) mass is 221 g/mol. The van der Waals surface area contributed by atoms with Gasteiger partial charge in [0.05, 0.1) is 6.26 Å². The summed E-state index contributed by atoms with van der Waals surface area (Å²) < 4.78 is 5.54. The summed E-state index contributed by atoms with van der Waals surface area (Å²) in [6.45, 7) is 4.21. The van der Waals surface area contributed by atoms with Gasteiger partial charge in [-0.3, -0.25) is 0 Å². The lowest BCUT2D eigenvalue weighted by Crippen LogP contribution is -2.17. The van der Waals surface area contributed by atoms with Crippen LogP contribution in [-0.2, 0) is 0 Å². The maximum absolute atomic E-state index is 5.54. The molecule has 0 aromatic carbocycles. The lowest BCUT2D eigenvalue weighted by atomic mass is 10.1. The second-order valence-electron chi connectivity index (χ2n) is 3.66. The van der Waals surface area contributed by atoms with Gasteiger partial charge in [0.15, 0.2) is 0 Å². The summed E-state index contributed by atoms with van der Waals surface area (Å²) in [4.78, 5) is 1.33. The maximum atomic E-state index is 5.54. The van der Waals surface area contributed by atoms with E-state index in [0.29, 0.717) is 0 Å². The lowest BCUT2D eigenvalue weighted by molar-refractivity contribution is 0.462. The molecule has 1 N–H and O–H groups in total. The van der Waals surface area contributed by atoms with Crippen molar-refractivity contribution in [2.24, 2.45) is 0 Å². The highest BCUT2D eigenvalue weighted by molar-refractivity contribution is 7.10. The molecule has 0 radical (unpaired) electrons. The van der Waals surface area contributed by atoms with Crippen molar-refractivity contribution in [1.29, 1.82) is 0 Å². The molecule has 0 amide bonds. The van der Waals surface area contributed by atoms with E-state index in [0.717, 1.165) is 5.76 Å². The number of rotatable bonds is 3. The van der Waals surface area contributed by atoms with E-state index in [4.69, 9.17) is 4.42 Å². The first kappa shape index (κ1) is 10.5. The molecule has 2 aromatic heterocycles. The Morgan fingerprint density at radius 3 is 2.53 bits per heavy atom. The van der Waals surface area contributed by atoms with Crippen molar-refractivity contribution in [3.8, 4) is 0 Å². The molecule has 80 valence electrons. The molecule has 2 heterocycles. The molecule has 0 fully saturated rings. The van der Waals surface area contributed by atoms with Gasteiger partial charge in [-0.2, -0.15) is 0 Å². The molecule has 2 nitrogen and oxygen atoms in total. The number of furan rings is 1. The van der Waals surface area contributed by atoms with Crippen molar-refractivity contribution in [1.82, 2.24) is 5.32 Å². The first-order chi connectivity index (χ1) is 7.24. The summed E-state index contributed by atoms with van der Waals surface area (Å²) in [7, 11) is 1.96. The Morgan fingerprint density at radius 2 is 2.07 bits per heavy atom. The molecule has 2 aromatic rings. The first-order valence-corrected chi connectivity index (χ1v) is 5.87. The minimum Gasteiger partial charge on any atom is -0.467 e. The highest BCUT2D eigenvalue weighted by Gasteiger charge is 2.19. The second-order valence-corrected chi connectivity index (χ2v) is 4.61. The van der Waals surface area contributed by atoms with E-state index < -0.39 is 0 Å². The third kappa shape index (κ3) is 1.85. The zero-order valence-corrected chi connectivity index (χ0v) is 10.0. The van der Waals surface area contributed by atoms with Crippen LogP contribution in [0.3, 0.4) is 0 Å². The number of aryl methyl sites for hydroxylation is 2. The van der Waals surface area contributed by atoms with Crippen LogP contribution in [0.1, 0.15) is 27.8 Å². The summed E-state index contributed by atoms with van der Waals surface area (Å²) >= 11 is 1.77. The Bertz CT molecular complexity index is 404. The van der Waals surface area contributed by atoms with Gasteiger partial charge in [-0.1, -0.05) is 0 Å². The van der Waals surface area contributed by atoms with Gasteiger partial charge in [-0.25, -0.2) is 0 Å². The van der Waals surface area contributed by atoms with E-state index in [9.17, 15) is 0 Å². The zero-order chi connectivity index (χ0) is 10.8. The zero-order valence-electron chi connectivity index (χ0n) is 9.20. The van der Waals surface area contributed by atoms with Crippen LogP contribution in [0.15, 0.2) is 28.2 Å². The van der Waals surface area contributed by atoms with Crippen molar-refractivity contribution < 1.29 is 4.42 Å². The van der Waals surface area contributed by atoms with E-state index in [1.165, 1.54) is 16.0 Å². The van der Waals surface area contributed by atoms with Gasteiger partial charge in [-0.15, -0.1) is 11.3 Å². The van der Waals surface area contributed by atoms with Gasteiger partial charge in [0, 0.05) is 4.88 Å². The van der Waals surface area contributed by atoms with Crippen molar-refractivity contribution in [2.75, 3.05) is 7.05 Å². The van der Waals surface area contributed by atoms with Crippen molar-refractivity contribution >= 4 is 11.3 Å². The Balaban J connectivity index is 2.41. The van der Waals surface area contributed by atoms with Crippen LogP contribution in [0.2, 0.25) is 0 Å². The average Bonchev–Trinajstić information content (AvgIpc) is 2.80.